The minimum atomic E-state index is 0.196. The van der Waals surface area contributed by atoms with Crippen molar-refractivity contribution in [3.05, 3.63) is 42.7 Å². The van der Waals surface area contributed by atoms with Gasteiger partial charge in [-0.15, -0.1) is 10.2 Å². The van der Waals surface area contributed by atoms with E-state index in [2.05, 4.69) is 30.5 Å². The molecule has 3 rings (SSSR count). The van der Waals surface area contributed by atoms with Crippen LogP contribution in [-0.2, 0) is 0 Å². The Balaban J connectivity index is 2.00. The van der Waals surface area contributed by atoms with Crippen molar-refractivity contribution in [1.29, 1.82) is 0 Å². The predicted octanol–water partition coefficient (Wildman–Crippen LogP) is 3.17. The SMILES string of the molecule is CNc1nc(-c2cccnc2)nc(N)c1N=Nc1ccc(N)cc1OC. The fraction of sp³-hybridized carbons (Fsp3) is 0.118. The van der Waals surface area contributed by atoms with Crippen molar-refractivity contribution >= 4 is 28.7 Å². The fourth-order valence-electron chi connectivity index (χ4n) is 2.25. The van der Waals surface area contributed by atoms with Gasteiger partial charge in [0.25, 0.3) is 0 Å². The van der Waals surface area contributed by atoms with Gasteiger partial charge < -0.3 is 21.5 Å². The topological polar surface area (TPSA) is 137 Å². The number of ether oxygens (including phenoxy) is 1. The summed E-state index contributed by atoms with van der Waals surface area (Å²) in [7, 11) is 3.25. The molecule has 2 heterocycles. The number of nitrogens with one attached hydrogen (secondary N) is 1. The predicted molar refractivity (Wildman–Crippen MR) is 101 cm³/mol. The molecule has 5 N–H and O–H groups in total. The summed E-state index contributed by atoms with van der Waals surface area (Å²) in [4.78, 5) is 12.8. The number of benzene rings is 1. The average Bonchev–Trinajstić information content (AvgIpc) is 2.67. The standard InChI is InChI=1S/C17H18N8O/c1-20-17-14(25-24-12-6-5-11(18)8-13(12)26-2)15(19)22-16(23-17)10-4-3-7-21-9-10/h3-9H,18H2,1-2H3,(H3,19,20,22,23). The van der Waals surface area contributed by atoms with E-state index in [9.17, 15) is 0 Å². The zero-order valence-corrected chi connectivity index (χ0v) is 14.3. The number of nitrogen functional groups attached to an aromatic ring is 2. The maximum absolute atomic E-state index is 6.08. The Kier molecular flexibility index (Phi) is 4.88. The third kappa shape index (κ3) is 3.51. The molecule has 0 radical (unpaired) electrons. The van der Waals surface area contributed by atoms with Gasteiger partial charge in [-0.05, 0) is 24.3 Å². The van der Waals surface area contributed by atoms with Gasteiger partial charge in [0, 0.05) is 36.8 Å². The van der Waals surface area contributed by atoms with Crippen LogP contribution in [0.3, 0.4) is 0 Å². The summed E-state index contributed by atoms with van der Waals surface area (Å²) in [6.45, 7) is 0. The van der Waals surface area contributed by atoms with Gasteiger partial charge in [0.05, 0.1) is 7.11 Å². The monoisotopic (exact) mass is 350 g/mol. The highest BCUT2D eigenvalue weighted by molar-refractivity contribution is 5.75. The van der Waals surface area contributed by atoms with Crippen LogP contribution < -0.4 is 21.5 Å². The summed E-state index contributed by atoms with van der Waals surface area (Å²) in [5.74, 6) is 1.60. The van der Waals surface area contributed by atoms with E-state index < -0.39 is 0 Å². The highest BCUT2D eigenvalue weighted by Crippen LogP contribution is 2.35. The molecule has 0 fully saturated rings. The number of hydrogen-bond donors (Lipinski definition) is 3. The number of nitrogens with zero attached hydrogens (tertiary/aromatic N) is 5. The third-order valence-electron chi connectivity index (χ3n) is 3.53. The van der Waals surface area contributed by atoms with Crippen molar-refractivity contribution in [2.45, 2.75) is 0 Å². The van der Waals surface area contributed by atoms with Crippen LogP contribution in [0.1, 0.15) is 0 Å². The van der Waals surface area contributed by atoms with Crippen LogP contribution >= 0.6 is 0 Å². The summed E-state index contributed by atoms with van der Waals surface area (Å²) >= 11 is 0. The summed E-state index contributed by atoms with van der Waals surface area (Å²) in [6, 6.07) is 8.73. The lowest BCUT2D eigenvalue weighted by Crippen LogP contribution is -2.02. The molecule has 132 valence electrons. The lowest BCUT2D eigenvalue weighted by atomic mass is 10.2. The molecular weight excluding hydrogens is 332 g/mol. The molecule has 26 heavy (non-hydrogen) atoms. The first-order chi connectivity index (χ1) is 12.6. The zero-order valence-electron chi connectivity index (χ0n) is 14.3. The van der Waals surface area contributed by atoms with Crippen LogP contribution in [0.25, 0.3) is 11.4 Å². The number of pyridine rings is 1. The van der Waals surface area contributed by atoms with Gasteiger partial charge in [-0.1, -0.05) is 0 Å². The lowest BCUT2D eigenvalue weighted by Gasteiger charge is -2.09. The van der Waals surface area contributed by atoms with Gasteiger partial charge >= 0.3 is 0 Å². The van der Waals surface area contributed by atoms with E-state index in [0.717, 1.165) is 5.56 Å². The highest BCUT2D eigenvalue weighted by atomic mass is 16.5. The van der Waals surface area contributed by atoms with E-state index in [0.29, 0.717) is 34.5 Å². The van der Waals surface area contributed by atoms with E-state index in [-0.39, 0.29) is 5.82 Å². The number of hydrogen-bond acceptors (Lipinski definition) is 9. The maximum Gasteiger partial charge on any atom is 0.170 e. The Bertz CT molecular complexity index is 943. The normalized spacial score (nSPS) is 10.8. The molecule has 0 aliphatic heterocycles. The Morgan fingerprint density at radius 1 is 1.12 bits per heavy atom. The van der Waals surface area contributed by atoms with Crippen LogP contribution in [0.4, 0.5) is 28.7 Å². The van der Waals surface area contributed by atoms with Gasteiger partial charge in [0.1, 0.15) is 11.4 Å². The second-order valence-electron chi connectivity index (χ2n) is 5.25. The summed E-state index contributed by atoms with van der Waals surface area (Å²) < 4.78 is 5.26. The summed E-state index contributed by atoms with van der Waals surface area (Å²) in [5, 5.41) is 11.4. The zero-order chi connectivity index (χ0) is 18.5. The Hall–Kier alpha value is -3.75. The molecule has 0 unspecified atom stereocenters. The smallest absolute Gasteiger partial charge is 0.170 e. The Morgan fingerprint density at radius 3 is 2.65 bits per heavy atom. The molecule has 0 aliphatic rings. The molecule has 0 bridgehead atoms. The number of anilines is 3. The van der Waals surface area contributed by atoms with E-state index in [1.54, 1.807) is 43.7 Å². The average molecular weight is 350 g/mol. The first-order valence-electron chi connectivity index (χ1n) is 7.73. The molecule has 2 aromatic heterocycles. The fourth-order valence-corrected chi connectivity index (χ4v) is 2.25. The van der Waals surface area contributed by atoms with Crippen molar-refractivity contribution in [3.8, 4) is 17.1 Å². The number of rotatable bonds is 5. The Labute approximate surface area is 150 Å². The van der Waals surface area contributed by atoms with Gasteiger partial charge in [-0.25, -0.2) is 9.97 Å². The molecule has 9 nitrogen and oxygen atoms in total. The molecule has 0 aliphatic carbocycles. The minimum Gasteiger partial charge on any atom is -0.494 e. The molecule has 0 spiro atoms. The molecular formula is C17H18N8O. The number of methoxy groups -OCH3 is 1. The molecule has 9 heteroatoms. The van der Waals surface area contributed by atoms with E-state index >= 15 is 0 Å². The van der Waals surface area contributed by atoms with Gasteiger partial charge in [-0.3, -0.25) is 4.98 Å². The number of azo groups is 1. The highest BCUT2D eigenvalue weighted by Gasteiger charge is 2.13. The Morgan fingerprint density at radius 2 is 1.96 bits per heavy atom. The first-order valence-corrected chi connectivity index (χ1v) is 7.73. The quantitative estimate of drug-likeness (QED) is 0.474. The largest absolute Gasteiger partial charge is 0.494 e. The summed E-state index contributed by atoms with van der Waals surface area (Å²) in [6.07, 6.45) is 3.34. The maximum atomic E-state index is 6.08. The molecule has 0 amide bonds. The van der Waals surface area contributed by atoms with Gasteiger partial charge in [0.2, 0.25) is 0 Å². The van der Waals surface area contributed by atoms with E-state index in [1.165, 1.54) is 7.11 Å². The minimum absolute atomic E-state index is 0.196. The summed E-state index contributed by atoms with van der Waals surface area (Å²) in [5.41, 5.74) is 14.0. The van der Waals surface area contributed by atoms with Gasteiger partial charge in [-0.2, -0.15) is 0 Å². The third-order valence-corrected chi connectivity index (χ3v) is 3.53. The van der Waals surface area contributed by atoms with Crippen LogP contribution in [0.2, 0.25) is 0 Å². The number of nitrogens with two attached hydrogens (primary N) is 2. The van der Waals surface area contributed by atoms with Crippen LogP contribution in [0, 0.1) is 0 Å². The molecule has 0 saturated heterocycles. The van der Waals surface area contributed by atoms with Crippen LogP contribution in [0.15, 0.2) is 53.0 Å². The second kappa shape index (κ2) is 7.43. The number of aromatic nitrogens is 3. The molecule has 0 saturated carbocycles. The molecule has 0 atom stereocenters. The van der Waals surface area contributed by atoms with Gasteiger partial charge in [0.15, 0.2) is 23.1 Å². The first kappa shape index (κ1) is 17.1. The van der Waals surface area contributed by atoms with Crippen molar-refractivity contribution in [2.75, 3.05) is 30.9 Å². The molecule has 1 aromatic carbocycles. The molecule has 3 aromatic rings. The van der Waals surface area contributed by atoms with Crippen LogP contribution in [0.5, 0.6) is 5.75 Å². The second-order valence-corrected chi connectivity index (χ2v) is 5.25. The van der Waals surface area contributed by atoms with Crippen LogP contribution in [-0.4, -0.2) is 29.1 Å². The van der Waals surface area contributed by atoms with Crippen molar-refractivity contribution in [2.24, 2.45) is 10.2 Å². The van der Waals surface area contributed by atoms with Crippen molar-refractivity contribution in [1.82, 2.24) is 15.0 Å². The van der Waals surface area contributed by atoms with Crippen molar-refractivity contribution < 1.29 is 4.74 Å². The lowest BCUT2D eigenvalue weighted by molar-refractivity contribution is 0.416. The van der Waals surface area contributed by atoms with E-state index in [1.807, 2.05) is 6.07 Å². The van der Waals surface area contributed by atoms with E-state index in [4.69, 9.17) is 16.2 Å². The van der Waals surface area contributed by atoms with Crippen molar-refractivity contribution in [3.63, 3.8) is 0 Å².